The predicted molar refractivity (Wildman–Crippen MR) is 47.7 cm³/mol. The van der Waals surface area contributed by atoms with Crippen LogP contribution < -0.4 is 5.73 Å². The van der Waals surface area contributed by atoms with Gasteiger partial charge in [-0.05, 0) is 27.6 Å². The zero-order chi connectivity index (χ0) is 9.14. The standard InChI is InChI=1S/C7H7BrN2O2/c8-6-4(3-5(11)12)1-2-10-7(6)9/h1-2H,3H2,(H2,9,10)(H,11,12). The van der Waals surface area contributed by atoms with Crippen molar-refractivity contribution in [3.63, 3.8) is 0 Å². The summed E-state index contributed by atoms with van der Waals surface area (Å²) in [7, 11) is 0. The van der Waals surface area contributed by atoms with Crippen molar-refractivity contribution < 1.29 is 9.90 Å². The highest BCUT2D eigenvalue weighted by molar-refractivity contribution is 9.10. The zero-order valence-electron chi connectivity index (χ0n) is 6.12. The van der Waals surface area contributed by atoms with Crippen molar-refractivity contribution in [3.05, 3.63) is 22.3 Å². The summed E-state index contributed by atoms with van der Waals surface area (Å²) < 4.78 is 0.562. The summed E-state index contributed by atoms with van der Waals surface area (Å²) in [6.07, 6.45) is 1.44. The van der Waals surface area contributed by atoms with Gasteiger partial charge in [-0.15, -0.1) is 0 Å². The van der Waals surface area contributed by atoms with Gasteiger partial charge in [0.15, 0.2) is 0 Å². The van der Waals surface area contributed by atoms with Crippen molar-refractivity contribution in [1.82, 2.24) is 4.98 Å². The summed E-state index contributed by atoms with van der Waals surface area (Å²) in [6, 6.07) is 1.62. The second-order valence-corrected chi connectivity index (χ2v) is 3.03. The van der Waals surface area contributed by atoms with Gasteiger partial charge in [0.1, 0.15) is 5.82 Å². The summed E-state index contributed by atoms with van der Waals surface area (Å²) in [6.45, 7) is 0. The number of carboxylic acid groups (broad SMARTS) is 1. The monoisotopic (exact) mass is 230 g/mol. The van der Waals surface area contributed by atoms with Crippen molar-refractivity contribution in [2.45, 2.75) is 6.42 Å². The van der Waals surface area contributed by atoms with Crippen molar-refractivity contribution in [1.29, 1.82) is 0 Å². The van der Waals surface area contributed by atoms with E-state index in [-0.39, 0.29) is 6.42 Å². The van der Waals surface area contributed by atoms with E-state index in [1.165, 1.54) is 6.20 Å². The Balaban J connectivity index is 3.00. The second-order valence-electron chi connectivity index (χ2n) is 2.24. The topological polar surface area (TPSA) is 76.2 Å². The van der Waals surface area contributed by atoms with Crippen molar-refractivity contribution in [2.75, 3.05) is 5.73 Å². The Labute approximate surface area is 77.5 Å². The van der Waals surface area contributed by atoms with E-state index in [0.717, 1.165) is 0 Å². The van der Waals surface area contributed by atoms with Gasteiger partial charge in [-0.25, -0.2) is 4.98 Å². The van der Waals surface area contributed by atoms with Gasteiger partial charge in [-0.1, -0.05) is 0 Å². The Hall–Kier alpha value is -1.10. The average Bonchev–Trinajstić information content (AvgIpc) is 1.98. The van der Waals surface area contributed by atoms with Gasteiger partial charge >= 0.3 is 5.97 Å². The number of carboxylic acids is 1. The lowest BCUT2D eigenvalue weighted by molar-refractivity contribution is -0.136. The second kappa shape index (κ2) is 3.53. The van der Waals surface area contributed by atoms with Crippen LogP contribution in [0.4, 0.5) is 5.82 Å². The number of carbonyl (C=O) groups is 1. The van der Waals surface area contributed by atoms with Crippen LogP contribution in [0.2, 0.25) is 0 Å². The number of aromatic nitrogens is 1. The number of nitrogen functional groups attached to an aromatic ring is 1. The van der Waals surface area contributed by atoms with E-state index in [1.807, 2.05) is 0 Å². The summed E-state index contributed by atoms with van der Waals surface area (Å²) in [5, 5.41) is 8.50. The molecule has 0 saturated carbocycles. The van der Waals surface area contributed by atoms with E-state index in [4.69, 9.17) is 10.8 Å². The smallest absolute Gasteiger partial charge is 0.307 e. The van der Waals surface area contributed by atoms with Gasteiger partial charge in [0.2, 0.25) is 0 Å². The highest BCUT2D eigenvalue weighted by Crippen LogP contribution is 2.21. The molecule has 0 spiro atoms. The van der Waals surface area contributed by atoms with Gasteiger partial charge in [0.05, 0.1) is 10.9 Å². The van der Waals surface area contributed by atoms with Crippen LogP contribution >= 0.6 is 15.9 Å². The molecule has 4 nitrogen and oxygen atoms in total. The molecule has 0 aliphatic heterocycles. The van der Waals surface area contributed by atoms with Gasteiger partial charge in [-0.3, -0.25) is 4.79 Å². The molecule has 1 rings (SSSR count). The maximum Gasteiger partial charge on any atom is 0.307 e. The van der Waals surface area contributed by atoms with Crippen LogP contribution in [0.5, 0.6) is 0 Å². The minimum atomic E-state index is -0.888. The molecule has 0 aliphatic carbocycles. The Morgan fingerprint density at radius 2 is 2.42 bits per heavy atom. The Morgan fingerprint density at radius 1 is 1.75 bits per heavy atom. The lowest BCUT2D eigenvalue weighted by atomic mass is 10.2. The molecule has 5 heteroatoms. The van der Waals surface area contributed by atoms with Crippen LogP contribution in [-0.4, -0.2) is 16.1 Å². The minimum absolute atomic E-state index is 0.0483. The number of rotatable bonds is 2. The summed E-state index contributed by atoms with van der Waals surface area (Å²) in [4.78, 5) is 14.1. The molecule has 3 N–H and O–H groups in total. The van der Waals surface area contributed by atoms with E-state index in [2.05, 4.69) is 20.9 Å². The normalized spacial score (nSPS) is 9.75. The van der Waals surface area contributed by atoms with Gasteiger partial charge < -0.3 is 10.8 Å². The quantitative estimate of drug-likeness (QED) is 0.797. The lowest BCUT2D eigenvalue weighted by Crippen LogP contribution is -2.03. The van der Waals surface area contributed by atoms with Crippen molar-refractivity contribution >= 4 is 27.7 Å². The molecule has 0 bridgehead atoms. The van der Waals surface area contributed by atoms with E-state index in [9.17, 15) is 4.79 Å². The average molecular weight is 231 g/mol. The molecule has 12 heavy (non-hydrogen) atoms. The number of nitrogens with two attached hydrogens (primary N) is 1. The maximum absolute atomic E-state index is 10.4. The largest absolute Gasteiger partial charge is 0.481 e. The maximum atomic E-state index is 10.4. The highest BCUT2D eigenvalue weighted by Gasteiger charge is 2.07. The number of halogens is 1. The first-order valence-electron chi connectivity index (χ1n) is 3.22. The van der Waals surface area contributed by atoms with E-state index >= 15 is 0 Å². The van der Waals surface area contributed by atoms with Crippen LogP contribution in [0, 0.1) is 0 Å². The van der Waals surface area contributed by atoms with Crippen LogP contribution in [0.1, 0.15) is 5.56 Å². The first-order valence-corrected chi connectivity index (χ1v) is 4.01. The molecular formula is C7H7BrN2O2. The fourth-order valence-corrected chi connectivity index (χ4v) is 1.18. The third-order valence-electron chi connectivity index (χ3n) is 1.34. The van der Waals surface area contributed by atoms with Crippen LogP contribution in [0.15, 0.2) is 16.7 Å². The molecule has 1 aromatic rings. The summed E-state index contributed by atoms with van der Waals surface area (Å²) >= 11 is 3.16. The molecule has 64 valence electrons. The Bertz CT molecular complexity index is 314. The fourth-order valence-electron chi connectivity index (χ4n) is 0.801. The number of hydrogen-bond acceptors (Lipinski definition) is 3. The Morgan fingerprint density at radius 3 is 3.00 bits per heavy atom. The van der Waals surface area contributed by atoms with Gasteiger partial charge in [0.25, 0.3) is 0 Å². The van der Waals surface area contributed by atoms with Gasteiger partial charge in [0, 0.05) is 6.20 Å². The third-order valence-corrected chi connectivity index (χ3v) is 2.25. The number of aliphatic carboxylic acids is 1. The number of nitrogens with zero attached hydrogens (tertiary/aromatic N) is 1. The SMILES string of the molecule is Nc1nccc(CC(=O)O)c1Br. The third kappa shape index (κ3) is 1.94. The highest BCUT2D eigenvalue weighted by atomic mass is 79.9. The van der Waals surface area contributed by atoms with Crippen LogP contribution in [0.3, 0.4) is 0 Å². The van der Waals surface area contributed by atoms with Gasteiger partial charge in [-0.2, -0.15) is 0 Å². The zero-order valence-corrected chi connectivity index (χ0v) is 7.71. The predicted octanol–water partition coefficient (Wildman–Crippen LogP) is 1.05. The fraction of sp³-hybridized carbons (Fsp3) is 0.143. The van der Waals surface area contributed by atoms with E-state index < -0.39 is 5.97 Å². The molecule has 0 atom stereocenters. The number of pyridine rings is 1. The Kier molecular flexibility index (Phi) is 2.65. The van der Waals surface area contributed by atoms with Crippen molar-refractivity contribution in [2.24, 2.45) is 0 Å². The summed E-state index contributed by atoms with van der Waals surface area (Å²) in [5.41, 5.74) is 6.08. The number of anilines is 1. The minimum Gasteiger partial charge on any atom is -0.481 e. The first-order chi connectivity index (χ1) is 5.61. The number of hydrogen-bond donors (Lipinski definition) is 2. The molecule has 1 aromatic heterocycles. The first kappa shape index (κ1) is 8.99. The van der Waals surface area contributed by atoms with E-state index in [0.29, 0.717) is 15.9 Å². The van der Waals surface area contributed by atoms with E-state index in [1.54, 1.807) is 6.07 Å². The molecule has 0 aromatic carbocycles. The molecule has 1 heterocycles. The molecule has 0 saturated heterocycles. The molecular weight excluding hydrogens is 224 g/mol. The molecule has 0 amide bonds. The van der Waals surface area contributed by atoms with Crippen LogP contribution in [0.25, 0.3) is 0 Å². The molecule has 0 unspecified atom stereocenters. The summed E-state index contributed by atoms with van der Waals surface area (Å²) in [5.74, 6) is -0.574. The lowest BCUT2D eigenvalue weighted by Gasteiger charge is -2.02. The van der Waals surface area contributed by atoms with Crippen LogP contribution in [-0.2, 0) is 11.2 Å². The molecule has 0 aliphatic rings. The van der Waals surface area contributed by atoms with Crippen molar-refractivity contribution in [3.8, 4) is 0 Å². The molecule has 0 radical (unpaired) electrons. The molecule has 0 fully saturated rings.